The molecule has 0 unspecified atom stereocenters. The Morgan fingerprint density at radius 2 is 1.53 bits per heavy atom. The van der Waals surface area contributed by atoms with Gasteiger partial charge in [-0.05, 0) is 67.6 Å². The summed E-state index contributed by atoms with van der Waals surface area (Å²) in [5, 5.41) is 2.76. The molecule has 0 aliphatic heterocycles. The van der Waals surface area contributed by atoms with Crippen LogP contribution in [0.15, 0.2) is 121 Å². The molecule has 0 atom stereocenters. The van der Waals surface area contributed by atoms with Crippen molar-refractivity contribution in [2.45, 2.75) is 11.8 Å². The molecular formula is C30H28N2O5S. The second kappa shape index (κ2) is 12.1. The average Bonchev–Trinajstić information content (AvgIpc) is 2.92. The molecule has 0 bridgehead atoms. The smallest absolute Gasteiger partial charge is 0.264 e. The number of ether oxygens (including phenoxy) is 2. The predicted molar refractivity (Wildman–Crippen MR) is 149 cm³/mol. The molecule has 7 nitrogen and oxygen atoms in total. The maximum absolute atomic E-state index is 13.7. The fraction of sp³-hybridized carbons (Fsp3) is 0.100. The van der Waals surface area contributed by atoms with Crippen LogP contribution in [0.3, 0.4) is 0 Å². The van der Waals surface area contributed by atoms with Gasteiger partial charge < -0.3 is 14.8 Å². The Morgan fingerprint density at radius 3 is 2.21 bits per heavy atom. The number of rotatable bonds is 11. The highest BCUT2D eigenvalue weighted by Crippen LogP contribution is 2.28. The lowest BCUT2D eigenvalue weighted by atomic mass is 10.2. The Hall–Kier alpha value is -4.56. The summed E-state index contributed by atoms with van der Waals surface area (Å²) in [6.45, 7) is 5.38. The largest absolute Gasteiger partial charge is 0.489 e. The standard InChI is InChI=1S/C30H28N2O5S/c1-3-20-36-28-11-7-8-24(21-28)31-30(33)22-32(38(34,35)29-18-12-23(2)13-19-29)25-14-16-27(17-15-25)37-26-9-5-4-6-10-26/h3-19,21H,1,20,22H2,2H3,(H,31,33). The Labute approximate surface area is 223 Å². The molecule has 0 aliphatic carbocycles. The summed E-state index contributed by atoms with van der Waals surface area (Å²) in [6, 6.07) is 29.2. The van der Waals surface area contributed by atoms with Gasteiger partial charge in [0.2, 0.25) is 5.91 Å². The quantitative estimate of drug-likeness (QED) is 0.235. The van der Waals surface area contributed by atoms with E-state index in [1.165, 1.54) is 12.1 Å². The first-order valence-corrected chi connectivity index (χ1v) is 13.3. The summed E-state index contributed by atoms with van der Waals surface area (Å²) in [5.41, 5.74) is 1.73. The van der Waals surface area contributed by atoms with E-state index in [1.54, 1.807) is 66.7 Å². The third kappa shape index (κ3) is 6.80. The number of aryl methyl sites for hydroxylation is 1. The van der Waals surface area contributed by atoms with Crippen molar-refractivity contribution in [1.29, 1.82) is 0 Å². The Bertz CT molecular complexity index is 1490. The van der Waals surface area contributed by atoms with Crippen LogP contribution < -0.4 is 19.1 Å². The van der Waals surface area contributed by atoms with Crippen LogP contribution in [0.4, 0.5) is 11.4 Å². The number of nitrogens with zero attached hydrogens (tertiary/aromatic N) is 1. The second-order valence-corrected chi connectivity index (χ2v) is 10.3. The molecule has 0 aliphatic rings. The lowest BCUT2D eigenvalue weighted by Crippen LogP contribution is -2.38. The Kier molecular flexibility index (Phi) is 8.45. The fourth-order valence-electron chi connectivity index (χ4n) is 3.61. The van der Waals surface area contributed by atoms with Crippen LogP contribution in [0.25, 0.3) is 0 Å². The van der Waals surface area contributed by atoms with Gasteiger partial charge in [-0.25, -0.2) is 8.42 Å². The van der Waals surface area contributed by atoms with Crippen molar-refractivity contribution in [2.75, 3.05) is 22.8 Å². The highest BCUT2D eigenvalue weighted by molar-refractivity contribution is 7.92. The summed E-state index contributed by atoms with van der Waals surface area (Å²) in [5.74, 6) is 1.24. The fourth-order valence-corrected chi connectivity index (χ4v) is 5.03. The monoisotopic (exact) mass is 528 g/mol. The van der Waals surface area contributed by atoms with Gasteiger partial charge in [0.1, 0.15) is 30.4 Å². The summed E-state index contributed by atoms with van der Waals surface area (Å²) in [6.07, 6.45) is 1.62. The van der Waals surface area contributed by atoms with Crippen molar-refractivity contribution >= 4 is 27.3 Å². The van der Waals surface area contributed by atoms with Crippen LogP contribution in [0.2, 0.25) is 0 Å². The van der Waals surface area contributed by atoms with Crippen molar-refractivity contribution in [3.8, 4) is 17.2 Å². The molecule has 4 rings (SSSR count). The maximum atomic E-state index is 13.7. The number of carbonyl (C=O) groups excluding carboxylic acids is 1. The zero-order valence-corrected chi connectivity index (χ0v) is 21.7. The first-order chi connectivity index (χ1) is 18.3. The second-order valence-electron chi connectivity index (χ2n) is 8.41. The van der Waals surface area contributed by atoms with Gasteiger partial charge in [-0.2, -0.15) is 0 Å². The normalized spacial score (nSPS) is 10.9. The minimum Gasteiger partial charge on any atom is -0.489 e. The van der Waals surface area contributed by atoms with Gasteiger partial charge in [0, 0.05) is 11.8 Å². The molecule has 0 saturated heterocycles. The highest BCUT2D eigenvalue weighted by Gasteiger charge is 2.27. The zero-order valence-electron chi connectivity index (χ0n) is 20.9. The zero-order chi connectivity index (χ0) is 27.0. The molecular weight excluding hydrogens is 500 g/mol. The third-order valence-corrected chi connectivity index (χ3v) is 7.27. The molecule has 194 valence electrons. The van der Waals surface area contributed by atoms with Gasteiger partial charge in [0.15, 0.2) is 0 Å². The number of amides is 1. The van der Waals surface area contributed by atoms with Crippen LogP contribution in [0.1, 0.15) is 5.56 Å². The summed E-state index contributed by atoms with van der Waals surface area (Å²) < 4.78 is 39.8. The van der Waals surface area contributed by atoms with Crippen molar-refractivity contribution in [3.05, 3.63) is 121 Å². The molecule has 0 fully saturated rings. The van der Waals surface area contributed by atoms with E-state index in [-0.39, 0.29) is 4.90 Å². The lowest BCUT2D eigenvalue weighted by molar-refractivity contribution is -0.114. The molecule has 0 radical (unpaired) electrons. The summed E-state index contributed by atoms with van der Waals surface area (Å²) >= 11 is 0. The molecule has 8 heteroatoms. The number of sulfonamides is 1. The van der Waals surface area contributed by atoms with E-state index in [0.29, 0.717) is 35.2 Å². The van der Waals surface area contributed by atoms with E-state index < -0.39 is 22.5 Å². The van der Waals surface area contributed by atoms with Crippen LogP contribution >= 0.6 is 0 Å². The molecule has 0 aromatic heterocycles. The lowest BCUT2D eigenvalue weighted by Gasteiger charge is -2.24. The SMILES string of the molecule is C=CCOc1cccc(NC(=O)CN(c2ccc(Oc3ccccc3)cc2)S(=O)(=O)c2ccc(C)cc2)c1. The highest BCUT2D eigenvalue weighted by atomic mass is 32.2. The first kappa shape index (κ1) is 26.5. The molecule has 0 heterocycles. The van der Waals surface area contributed by atoms with Gasteiger partial charge >= 0.3 is 0 Å². The van der Waals surface area contributed by atoms with E-state index in [1.807, 2.05) is 37.3 Å². The van der Waals surface area contributed by atoms with Gasteiger partial charge in [-0.3, -0.25) is 9.10 Å². The van der Waals surface area contributed by atoms with Gasteiger partial charge in [-0.15, -0.1) is 0 Å². The molecule has 38 heavy (non-hydrogen) atoms. The van der Waals surface area contributed by atoms with Gasteiger partial charge in [0.05, 0.1) is 10.6 Å². The predicted octanol–water partition coefficient (Wildman–Crippen LogP) is 6.19. The third-order valence-electron chi connectivity index (χ3n) is 5.49. The van der Waals surface area contributed by atoms with Gasteiger partial charge in [0.25, 0.3) is 10.0 Å². The molecule has 1 N–H and O–H groups in total. The summed E-state index contributed by atoms with van der Waals surface area (Å²) in [4.78, 5) is 13.1. The minimum absolute atomic E-state index is 0.0836. The van der Waals surface area contributed by atoms with Crippen molar-refractivity contribution < 1.29 is 22.7 Å². The minimum atomic E-state index is -4.05. The van der Waals surface area contributed by atoms with E-state index in [2.05, 4.69) is 11.9 Å². The molecule has 4 aromatic rings. The van der Waals surface area contributed by atoms with E-state index >= 15 is 0 Å². The van der Waals surface area contributed by atoms with Crippen molar-refractivity contribution in [3.63, 3.8) is 0 Å². The Morgan fingerprint density at radius 1 is 0.868 bits per heavy atom. The number of anilines is 2. The number of hydrogen-bond acceptors (Lipinski definition) is 5. The van der Waals surface area contributed by atoms with Crippen molar-refractivity contribution in [1.82, 2.24) is 0 Å². The first-order valence-electron chi connectivity index (χ1n) is 11.9. The number of carbonyl (C=O) groups is 1. The maximum Gasteiger partial charge on any atom is 0.264 e. The number of benzene rings is 4. The molecule has 0 spiro atoms. The summed E-state index contributed by atoms with van der Waals surface area (Å²) in [7, 11) is -4.05. The number of para-hydroxylation sites is 1. The van der Waals surface area contributed by atoms with Crippen LogP contribution in [0.5, 0.6) is 17.2 Å². The van der Waals surface area contributed by atoms with Crippen LogP contribution in [0, 0.1) is 6.92 Å². The van der Waals surface area contributed by atoms with E-state index in [9.17, 15) is 13.2 Å². The number of hydrogen-bond donors (Lipinski definition) is 1. The van der Waals surface area contributed by atoms with Crippen molar-refractivity contribution in [2.24, 2.45) is 0 Å². The number of nitrogens with one attached hydrogen (secondary N) is 1. The Balaban J connectivity index is 1.59. The van der Waals surface area contributed by atoms with E-state index in [4.69, 9.17) is 9.47 Å². The molecule has 0 saturated carbocycles. The molecule has 1 amide bonds. The average molecular weight is 529 g/mol. The topological polar surface area (TPSA) is 84.9 Å². The van der Waals surface area contributed by atoms with Crippen LogP contribution in [-0.4, -0.2) is 27.5 Å². The molecule has 4 aromatic carbocycles. The van der Waals surface area contributed by atoms with Crippen LogP contribution in [-0.2, 0) is 14.8 Å². The van der Waals surface area contributed by atoms with Gasteiger partial charge in [-0.1, -0.05) is 54.6 Å². The van der Waals surface area contributed by atoms with E-state index in [0.717, 1.165) is 9.87 Å².